The first-order chi connectivity index (χ1) is 21.6. The fourth-order valence-electron chi connectivity index (χ4n) is 5.74. The van der Waals surface area contributed by atoms with Crippen LogP contribution in [0.1, 0.15) is 48.2 Å². The van der Waals surface area contributed by atoms with Gasteiger partial charge in [-0.05, 0) is 42.1 Å². The summed E-state index contributed by atoms with van der Waals surface area (Å²) in [5, 5.41) is 18.9. The summed E-state index contributed by atoms with van der Waals surface area (Å²) >= 11 is 0. The van der Waals surface area contributed by atoms with Crippen molar-refractivity contribution in [3.8, 4) is 0 Å². The van der Waals surface area contributed by atoms with Crippen molar-refractivity contribution in [2.45, 2.75) is 63.8 Å². The molecule has 0 unspecified atom stereocenters. The van der Waals surface area contributed by atoms with Gasteiger partial charge in [0, 0.05) is 38.0 Å². The van der Waals surface area contributed by atoms with E-state index in [1.807, 2.05) is 56.3 Å². The van der Waals surface area contributed by atoms with Crippen LogP contribution in [-0.2, 0) is 32.0 Å². The van der Waals surface area contributed by atoms with Crippen LogP contribution in [-0.4, -0.2) is 101 Å². The van der Waals surface area contributed by atoms with Crippen molar-refractivity contribution in [2.24, 2.45) is 11.7 Å². The van der Waals surface area contributed by atoms with Gasteiger partial charge in [0.05, 0.1) is 12.6 Å². The van der Waals surface area contributed by atoms with E-state index in [1.165, 1.54) is 9.80 Å². The first-order valence-corrected chi connectivity index (χ1v) is 15.6. The summed E-state index contributed by atoms with van der Waals surface area (Å²) in [6, 6.07) is 13.2. The minimum absolute atomic E-state index is 0.00473. The zero-order valence-electron chi connectivity index (χ0n) is 25.9. The van der Waals surface area contributed by atoms with Crippen LogP contribution in [0.25, 0.3) is 0 Å². The molecular weight excluding hydrogens is 576 g/mol. The molecule has 2 heterocycles. The minimum atomic E-state index is -1.02. The Kier molecular flexibility index (Phi) is 11.7. The number of fused-ring (bicyclic) bond motifs is 1. The van der Waals surface area contributed by atoms with Gasteiger partial charge in [0.1, 0.15) is 18.1 Å². The third-order valence-corrected chi connectivity index (χ3v) is 8.51. The zero-order valence-corrected chi connectivity index (χ0v) is 25.9. The summed E-state index contributed by atoms with van der Waals surface area (Å²) in [6.07, 6.45) is 0.467. The van der Waals surface area contributed by atoms with E-state index in [4.69, 9.17) is 5.73 Å². The molecule has 242 valence electrons. The molecule has 2 aromatic rings. The highest BCUT2D eigenvalue weighted by molar-refractivity contribution is 5.98. The van der Waals surface area contributed by atoms with Crippen LogP contribution in [0.4, 0.5) is 0 Å². The second-order valence-electron chi connectivity index (χ2n) is 11.8. The maximum absolute atomic E-state index is 13.9. The molecule has 0 radical (unpaired) electrons. The Morgan fingerprint density at radius 2 is 1.71 bits per heavy atom. The Hall–Kier alpha value is -4.29. The molecule has 2 fully saturated rings. The van der Waals surface area contributed by atoms with Crippen LogP contribution in [0.5, 0.6) is 0 Å². The third-order valence-electron chi connectivity index (χ3n) is 8.51. The quantitative estimate of drug-likeness (QED) is 0.289. The lowest BCUT2D eigenvalue weighted by Crippen LogP contribution is -2.58. The van der Waals surface area contributed by atoms with E-state index in [2.05, 4.69) is 16.0 Å². The van der Waals surface area contributed by atoms with Crippen LogP contribution in [0.3, 0.4) is 0 Å². The number of carbonyl (C=O) groups is 5. The monoisotopic (exact) mass is 620 g/mol. The number of carbonyl (C=O) groups excluding carboxylic acids is 5. The molecule has 45 heavy (non-hydrogen) atoms. The average Bonchev–Trinajstić information content (AvgIpc) is 3.44. The molecule has 4 rings (SSSR count). The lowest BCUT2D eigenvalue weighted by Gasteiger charge is -2.32. The van der Waals surface area contributed by atoms with Gasteiger partial charge in [-0.3, -0.25) is 24.0 Å². The molecule has 2 saturated heterocycles. The summed E-state index contributed by atoms with van der Waals surface area (Å²) in [7, 11) is 0. The molecule has 6 N–H and O–H groups in total. The Morgan fingerprint density at radius 3 is 2.38 bits per heavy atom. The Balaban J connectivity index is 1.66. The van der Waals surface area contributed by atoms with Crippen LogP contribution >= 0.6 is 0 Å². The smallest absolute Gasteiger partial charge is 0.254 e. The van der Waals surface area contributed by atoms with E-state index in [0.29, 0.717) is 24.9 Å². The summed E-state index contributed by atoms with van der Waals surface area (Å²) in [5.41, 5.74) is 7.80. The van der Waals surface area contributed by atoms with E-state index in [1.54, 1.807) is 12.1 Å². The molecule has 2 aliphatic rings. The second-order valence-corrected chi connectivity index (χ2v) is 11.8. The van der Waals surface area contributed by atoms with Gasteiger partial charge in [-0.1, -0.05) is 62.7 Å². The predicted molar refractivity (Wildman–Crippen MR) is 168 cm³/mol. The Labute approximate surface area is 263 Å². The number of nitrogens with one attached hydrogen (secondary N) is 3. The van der Waals surface area contributed by atoms with Gasteiger partial charge >= 0.3 is 0 Å². The number of amides is 5. The SMILES string of the molecule is CC[C@H](C)[C@@H]1NC(=O)CN(C(=O)c2ccc(CCN)cc2)CCNC(=O)[C@H](Cc2ccccc2)NC(=O)[C@@H]2C[C@@H](O)CN2C1=O. The molecule has 0 spiro atoms. The number of hydrogen-bond donors (Lipinski definition) is 5. The van der Waals surface area contributed by atoms with Gasteiger partial charge in [0.25, 0.3) is 5.91 Å². The molecular formula is C33H44N6O6. The van der Waals surface area contributed by atoms with Crippen molar-refractivity contribution >= 4 is 29.5 Å². The maximum atomic E-state index is 13.9. The van der Waals surface area contributed by atoms with E-state index >= 15 is 0 Å². The van der Waals surface area contributed by atoms with Crippen LogP contribution in [0, 0.1) is 5.92 Å². The van der Waals surface area contributed by atoms with Gasteiger partial charge in [-0.25, -0.2) is 0 Å². The lowest BCUT2D eigenvalue weighted by atomic mass is 9.97. The van der Waals surface area contributed by atoms with Gasteiger partial charge < -0.3 is 36.6 Å². The lowest BCUT2D eigenvalue weighted by molar-refractivity contribution is -0.143. The summed E-state index contributed by atoms with van der Waals surface area (Å²) in [6.45, 7) is 3.78. The number of rotatable bonds is 7. The van der Waals surface area contributed by atoms with Crippen molar-refractivity contribution < 1.29 is 29.1 Å². The van der Waals surface area contributed by atoms with Crippen molar-refractivity contribution in [3.63, 3.8) is 0 Å². The molecule has 2 aliphatic heterocycles. The third kappa shape index (κ3) is 8.67. The summed E-state index contributed by atoms with van der Waals surface area (Å²) in [4.78, 5) is 70.6. The zero-order chi connectivity index (χ0) is 32.5. The Bertz CT molecular complexity index is 1350. The molecule has 5 amide bonds. The fraction of sp³-hybridized carbons (Fsp3) is 0.485. The molecule has 0 aliphatic carbocycles. The maximum Gasteiger partial charge on any atom is 0.254 e. The largest absolute Gasteiger partial charge is 0.391 e. The predicted octanol–water partition coefficient (Wildman–Crippen LogP) is -0.0200. The molecule has 2 aromatic carbocycles. The highest BCUT2D eigenvalue weighted by Crippen LogP contribution is 2.23. The highest BCUT2D eigenvalue weighted by atomic mass is 16.3. The number of nitrogens with zero attached hydrogens (tertiary/aromatic N) is 2. The van der Waals surface area contributed by atoms with E-state index in [9.17, 15) is 29.1 Å². The van der Waals surface area contributed by atoms with Gasteiger partial charge in [0.15, 0.2) is 0 Å². The molecule has 12 heteroatoms. The van der Waals surface area contributed by atoms with Crippen LogP contribution in [0.15, 0.2) is 54.6 Å². The van der Waals surface area contributed by atoms with E-state index < -0.39 is 53.8 Å². The highest BCUT2D eigenvalue weighted by Gasteiger charge is 2.43. The first kappa shape index (κ1) is 33.6. The normalized spacial score (nSPS) is 24.1. The Morgan fingerprint density at radius 1 is 1.00 bits per heavy atom. The van der Waals surface area contributed by atoms with Gasteiger partial charge in [0.2, 0.25) is 23.6 Å². The first-order valence-electron chi connectivity index (χ1n) is 15.6. The molecule has 12 nitrogen and oxygen atoms in total. The summed E-state index contributed by atoms with van der Waals surface area (Å²) < 4.78 is 0. The number of hydrogen-bond acceptors (Lipinski definition) is 7. The summed E-state index contributed by atoms with van der Waals surface area (Å²) in [5.74, 6) is -2.79. The van der Waals surface area contributed by atoms with Crippen molar-refractivity contribution in [1.82, 2.24) is 25.8 Å². The number of nitrogens with two attached hydrogens (primary N) is 1. The molecule has 0 saturated carbocycles. The fourth-order valence-corrected chi connectivity index (χ4v) is 5.74. The average molecular weight is 621 g/mol. The number of benzene rings is 2. The van der Waals surface area contributed by atoms with E-state index in [-0.39, 0.29) is 44.9 Å². The molecule has 5 atom stereocenters. The van der Waals surface area contributed by atoms with Crippen molar-refractivity contribution in [3.05, 3.63) is 71.3 Å². The van der Waals surface area contributed by atoms with Crippen molar-refractivity contribution in [1.29, 1.82) is 0 Å². The minimum Gasteiger partial charge on any atom is -0.391 e. The standard InChI is InChI=1S/C33H44N6O6/c1-3-21(2)29-33(45)39-19-25(40)18-27(39)31(43)36-26(17-23-7-5-4-6-8-23)30(42)35-15-16-38(20-28(41)37-29)32(44)24-11-9-22(10-12-24)13-14-34/h4-12,21,25-27,29,40H,3,13-20,34H2,1-2H3,(H,35,42)(H,36,43)(H,37,41)/t21-,25+,26-,27-,29-/m0/s1. The number of aliphatic hydroxyl groups is 1. The second kappa shape index (κ2) is 15.6. The van der Waals surface area contributed by atoms with Gasteiger partial charge in [-0.15, -0.1) is 0 Å². The van der Waals surface area contributed by atoms with Crippen LogP contribution < -0.4 is 21.7 Å². The topological polar surface area (TPSA) is 174 Å². The van der Waals surface area contributed by atoms with Crippen molar-refractivity contribution in [2.75, 3.05) is 32.7 Å². The van der Waals surface area contributed by atoms with E-state index in [0.717, 1.165) is 11.1 Å². The van der Waals surface area contributed by atoms with Crippen LogP contribution in [0.2, 0.25) is 0 Å². The number of aliphatic hydroxyl groups excluding tert-OH is 1. The molecule has 0 bridgehead atoms. The van der Waals surface area contributed by atoms with Gasteiger partial charge in [-0.2, -0.15) is 0 Å². The molecule has 0 aromatic heterocycles.